The highest BCUT2D eigenvalue weighted by atomic mass is 16.1. The summed E-state index contributed by atoms with van der Waals surface area (Å²) in [7, 11) is 4.45. The maximum absolute atomic E-state index is 9.50. The van der Waals surface area contributed by atoms with Crippen molar-refractivity contribution in [1.82, 2.24) is 0 Å². The Kier molecular flexibility index (Phi) is 2.09. The van der Waals surface area contributed by atoms with E-state index in [0.29, 0.717) is 6.08 Å². The van der Waals surface area contributed by atoms with E-state index in [2.05, 4.69) is 7.85 Å². The second-order valence-electron chi connectivity index (χ2n) is 0.665. The Morgan fingerprint density at radius 3 is 2.33 bits per heavy atom. The molecule has 0 N–H and O–H groups in total. The summed E-state index contributed by atoms with van der Waals surface area (Å²) < 4.78 is 0. The molecule has 0 amide bonds. The second-order valence-corrected chi connectivity index (χ2v) is 0.665. The molecule has 0 unspecified atom stereocenters. The normalized spacial score (nSPS) is 6.00. The van der Waals surface area contributed by atoms with Crippen molar-refractivity contribution in [3.8, 4) is 0 Å². The summed E-state index contributed by atoms with van der Waals surface area (Å²) in [6.45, 7) is 0. The average molecular weight is 79.9 g/mol. The molecule has 28 valence electrons. The first kappa shape index (κ1) is 5.18. The van der Waals surface area contributed by atoms with Crippen LogP contribution in [-0.2, 0) is 9.59 Å². The van der Waals surface area contributed by atoms with Crippen LogP contribution in [0.1, 0.15) is 0 Å². The van der Waals surface area contributed by atoms with Gasteiger partial charge in [0.2, 0.25) is 0 Å². The fourth-order valence-corrected chi connectivity index (χ4v) is 0.0581. The molecule has 0 atom stereocenters. The van der Waals surface area contributed by atoms with E-state index in [1.54, 1.807) is 0 Å². The molecule has 0 rings (SSSR count). The lowest BCUT2D eigenvalue weighted by molar-refractivity contribution is -0.107. The molecule has 0 aliphatic heterocycles. The second kappa shape index (κ2) is 2.42. The summed E-state index contributed by atoms with van der Waals surface area (Å²) in [6, 6.07) is 0. The number of allylic oxidation sites excluding steroid dienone is 1. The molecule has 0 saturated heterocycles. The molecule has 0 fully saturated rings. The predicted octanol–water partition coefficient (Wildman–Crippen LogP) is -0.931. The molecule has 0 spiro atoms. The lowest BCUT2D eigenvalue weighted by atomic mass is 10.0. The Morgan fingerprint density at radius 2 is 2.33 bits per heavy atom. The Bertz CT molecular complexity index is 101. The van der Waals surface area contributed by atoms with Crippen LogP contribution >= 0.6 is 0 Å². The van der Waals surface area contributed by atoms with Crippen LogP contribution in [0.15, 0.2) is 6.08 Å². The van der Waals surface area contributed by atoms with E-state index in [1.165, 1.54) is 5.94 Å². The standard InChI is InChI=1S/C3HBO2/c4-3(6)1-2-5/h1H. The molecule has 0 bridgehead atoms. The zero-order chi connectivity index (χ0) is 4.99. The largest absolute Gasteiger partial charge is 0.307 e. The average Bonchev–Trinajstić information content (AvgIpc) is 1.35. The number of carbonyl (C=O) groups excluding carboxylic acids is 2. The molecule has 0 saturated carbocycles. The zero-order valence-corrected chi connectivity index (χ0v) is 2.97. The first-order valence-corrected chi connectivity index (χ1v) is 1.27. The molecule has 6 heavy (non-hydrogen) atoms. The number of carbonyl (C=O) groups is 1. The summed E-state index contributed by atoms with van der Waals surface area (Å²) in [5.41, 5.74) is -0.759. The van der Waals surface area contributed by atoms with E-state index in [4.69, 9.17) is 4.79 Å². The van der Waals surface area contributed by atoms with Gasteiger partial charge in [0.25, 0.3) is 0 Å². The van der Waals surface area contributed by atoms with Gasteiger partial charge in [-0.25, -0.2) is 4.79 Å². The van der Waals surface area contributed by atoms with Crippen molar-refractivity contribution in [2.24, 2.45) is 0 Å². The van der Waals surface area contributed by atoms with E-state index in [0.717, 1.165) is 0 Å². The maximum Gasteiger partial charge on any atom is 0.175 e. The van der Waals surface area contributed by atoms with Gasteiger partial charge in [-0.15, -0.1) is 0 Å². The molecule has 0 aromatic carbocycles. The minimum Gasteiger partial charge on any atom is -0.307 e. The van der Waals surface area contributed by atoms with Crippen LogP contribution in [0.4, 0.5) is 0 Å². The fraction of sp³-hybridized carbons (Fsp3) is 0. The Morgan fingerprint density at radius 1 is 1.83 bits per heavy atom. The van der Waals surface area contributed by atoms with Gasteiger partial charge < -0.3 is 4.79 Å². The lowest BCUT2D eigenvalue weighted by Gasteiger charge is -1.61. The highest BCUT2D eigenvalue weighted by Crippen LogP contribution is 1.52. The van der Waals surface area contributed by atoms with Gasteiger partial charge in [0.1, 0.15) is 11.6 Å². The third-order valence-corrected chi connectivity index (χ3v) is 0.201. The van der Waals surface area contributed by atoms with Gasteiger partial charge in [-0.05, 0) is 0 Å². The summed E-state index contributed by atoms with van der Waals surface area (Å²) in [5.74, 6) is 1.22. The monoisotopic (exact) mass is 80.0 g/mol. The number of rotatable bonds is 1. The first-order valence-electron chi connectivity index (χ1n) is 1.27. The van der Waals surface area contributed by atoms with E-state index in [9.17, 15) is 4.79 Å². The minimum atomic E-state index is -0.759. The van der Waals surface area contributed by atoms with Gasteiger partial charge in [-0.3, -0.25) is 0 Å². The van der Waals surface area contributed by atoms with Crippen LogP contribution in [0.3, 0.4) is 0 Å². The summed E-state index contributed by atoms with van der Waals surface area (Å²) in [4.78, 5) is 18.6. The molecule has 0 aromatic rings. The van der Waals surface area contributed by atoms with Crippen LogP contribution in [0.25, 0.3) is 0 Å². The molecule has 3 heteroatoms. The van der Waals surface area contributed by atoms with Crippen molar-refractivity contribution >= 4 is 19.5 Å². The number of hydrogen-bond donors (Lipinski definition) is 0. The lowest BCUT2D eigenvalue weighted by Crippen LogP contribution is -1.86. The molecule has 2 nitrogen and oxygen atoms in total. The smallest absolute Gasteiger partial charge is 0.175 e. The molecular weight excluding hydrogens is 78.8 g/mol. The van der Waals surface area contributed by atoms with Crippen LogP contribution < -0.4 is 0 Å². The van der Waals surface area contributed by atoms with Crippen LogP contribution in [0, 0.1) is 0 Å². The Hall–Kier alpha value is -0.815. The molecule has 0 aromatic heterocycles. The number of hydrogen-bond acceptors (Lipinski definition) is 2. The summed E-state index contributed by atoms with van der Waals surface area (Å²) in [6.07, 6.45) is 0.625. The van der Waals surface area contributed by atoms with Gasteiger partial charge in [0.15, 0.2) is 7.85 Å². The first-order chi connectivity index (χ1) is 2.77. The quantitative estimate of drug-likeness (QED) is 0.231. The molecular formula is C3HBO2. The van der Waals surface area contributed by atoms with Gasteiger partial charge in [0.05, 0.1) is 6.08 Å². The van der Waals surface area contributed by atoms with Gasteiger partial charge in [-0.2, -0.15) is 0 Å². The molecule has 0 aliphatic rings. The molecule has 0 aliphatic carbocycles. The highest BCUT2D eigenvalue weighted by Gasteiger charge is 1.75. The van der Waals surface area contributed by atoms with Crippen molar-refractivity contribution in [1.29, 1.82) is 0 Å². The Balaban J connectivity index is 3.60. The Labute approximate surface area is 36.3 Å². The molecule has 0 heterocycles. The SMILES string of the molecule is [B]C(=O)C=C=O. The fourth-order valence-electron chi connectivity index (χ4n) is 0.0581. The predicted molar refractivity (Wildman–Crippen MR) is 21.0 cm³/mol. The van der Waals surface area contributed by atoms with E-state index < -0.39 is 5.68 Å². The minimum absolute atomic E-state index is 0.625. The topological polar surface area (TPSA) is 34.1 Å². The third-order valence-electron chi connectivity index (χ3n) is 0.201. The van der Waals surface area contributed by atoms with Gasteiger partial charge >= 0.3 is 0 Å². The van der Waals surface area contributed by atoms with Crippen LogP contribution in [-0.4, -0.2) is 19.5 Å². The maximum atomic E-state index is 9.50. The third kappa shape index (κ3) is 3.18. The van der Waals surface area contributed by atoms with Crippen LogP contribution in [0.5, 0.6) is 0 Å². The van der Waals surface area contributed by atoms with Crippen molar-refractivity contribution in [3.05, 3.63) is 6.08 Å². The van der Waals surface area contributed by atoms with E-state index >= 15 is 0 Å². The zero-order valence-electron chi connectivity index (χ0n) is 2.97. The van der Waals surface area contributed by atoms with Gasteiger partial charge in [0, 0.05) is 0 Å². The van der Waals surface area contributed by atoms with Crippen molar-refractivity contribution in [2.45, 2.75) is 0 Å². The van der Waals surface area contributed by atoms with Gasteiger partial charge in [-0.1, -0.05) is 0 Å². The van der Waals surface area contributed by atoms with E-state index in [1.807, 2.05) is 0 Å². The highest BCUT2D eigenvalue weighted by molar-refractivity contribution is 6.61. The summed E-state index contributed by atoms with van der Waals surface area (Å²) in [5, 5.41) is 0. The van der Waals surface area contributed by atoms with Crippen LogP contribution in [0.2, 0.25) is 0 Å². The van der Waals surface area contributed by atoms with Crippen molar-refractivity contribution in [3.63, 3.8) is 0 Å². The summed E-state index contributed by atoms with van der Waals surface area (Å²) >= 11 is 0. The molecule has 2 radical (unpaired) electrons. The van der Waals surface area contributed by atoms with E-state index in [-0.39, 0.29) is 0 Å². The van der Waals surface area contributed by atoms with Crippen molar-refractivity contribution in [2.75, 3.05) is 0 Å². The van der Waals surface area contributed by atoms with Crippen molar-refractivity contribution < 1.29 is 9.59 Å².